The van der Waals surface area contributed by atoms with E-state index < -0.39 is 0 Å². The van der Waals surface area contributed by atoms with Crippen molar-refractivity contribution >= 4 is 11.8 Å². The molecule has 0 bridgehead atoms. The first-order chi connectivity index (χ1) is 12.2. The van der Waals surface area contributed by atoms with Crippen LogP contribution in [0.25, 0.3) is 0 Å². The van der Waals surface area contributed by atoms with Crippen molar-refractivity contribution in [2.75, 3.05) is 51.7 Å². The lowest BCUT2D eigenvalue weighted by atomic mass is 10.0. The van der Waals surface area contributed by atoms with Gasteiger partial charge in [-0.3, -0.25) is 4.99 Å². The number of likely N-dealkylation sites (N-methyl/N-ethyl adjacent to an activating group) is 1. The van der Waals surface area contributed by atoms with Crippen molar-refractivity contribution in [3.05, 3.63) is 23.9 Å². The predicted molar refractivity (Wildman–Crippen MR) is 106 cm³/mol. The molecule has 0 unspecified atom stereocenters. The highest BCUT2D eigenvalue weighted by Gasteiger charge is 2.18. The highest BCUT2D eigenvalue weighted by Crippen LogP contribution is 2.18. The maximum Gasteiger partial charge on any atom is 0.191 e. The Kier molecular flexibility index (Phi) is 7.98. The van der Waals surface area contributed by atoms with Gasteiger partial charge in [0.2, 0.25) is 0 Å². The van der Waals surface area contributed by atoms with Gasteiger partial charge in [-0.2, -0.15) is 0 Å². The summed E-state index contributed by atoms with van der Waals surface area (Å²) in [4.78, 5) is 13.7. The molecular weight excluding hydrogens is 312 g/mol. The SMILES string of the molecule is CCC(CC)CNC(=NC)NCc1cccnc1N1CCN(C)CC1. The second-order valence-corrected chi connectivity index (χ2v) is 6.77. The van der Waals surface area contributed by atoms with Crippen molar-refractivity contribution in [2.45, 2.75) is 33.2 Å². The Balaban J connectivity index is 1.93. The largest absolute Gasteiger partial charge is 0.356 e. The monoisotopic (exact) mass is 346 g/mol. The number of nitrogens with one attached hydrogen (secondary N) is 2. The molecular formula is C19H34N6. The molecule has 0 atom stereocenters. The van der Waals surface area contributed by atoms with Crippen LogP contribution in [0, 0.1) is 5.92 Å². The topological polar surface area (TPSA) is 55.8 Å². The Morgan fingerprint density at radius 2 is 1.92 bits per heavy atom. The molecule has 1 saturated heterocycles. The summed E-state index contributed by atoms with van der Waals surface area (Å²) in [7, 11) is 4.00. The van der Waals surface area contributed by atoms with E-state index in [9.17, 15) is 0 Å². The number of hydrogen-bond donors (Lipinski definition) is 2. The van der Waals surface area contributed by atoms with Crippen molar-refractivity contribution in [3.8, 4) is 0 Å². The fourth-order valence-electron chi connectivity index (χ4n) is 3.09. The molecule has 6 heteroatoms. The highest BCUT2D eigenvalue weighted by molar-refractivity contribution is 5.79. The van der Waals surface area contributed by atoms with Gasteiger partial charge in [0.15, 0.2) is 5.96 Å². The van der Waals surface area contributed by atoms with E-state index in [2.05, 4.69) is 57.4 Å². The van der Waals surface area contributed by atoms with E-state index in [1.807, 2.05) is 19.3 Å². The molecule has 1 fully saturated rings. The van der Waals surface area contributed by atoms with Crippen LogP contribution < -0.4 is 15.5 Å². The summed E-state index contributed by atoms with van der Waals surface area (Å²) >= 11 is 0. The van der Waals surface area contributed by atoms with Gasteiger partial charge in [-0.25, -0.2) is 4.98 Å². The summed E-state index contributed by atoms with van der Waals surface area (Å²) in [6.07, 6.45) is 4.27. The van der Waals surface area contributed by atoms with Gasteiger partial charge in [0.1, 0.15) is 5.82 Å². The minimum Gasteiger partial charge on any atom is -0.356 e. The Labute approximate surface area is 152 Å². The summed E-state index contributed by atoms with van der Waals surface area (Å²) in [6.45, 7) is 10.4. The van der Waals surface area contributed by atoms with Gasteiger partial charge >= 0.3 is 0 Å². The van der Waals surface area contributed by atoms with Gasteiger partial charge < -0.3 is 20.4 Å². The molecule has 0 aliphatic carbocycles. The predicted octanol–water partition coefficient (Wildman–Crippen LogP) is 1.93. The lowest BCUT2D eigenvalue weighted by Gasteiger charge is -2.34. The Bertz CT molecular complexity index is 532. The van der Waals surface area contributed by atoms with E-state index in [0.29, 0.717) is 5.92 Å². The molecule has 0 spiro atoms. The fraction of sp³-hybridized carbons (Fsp3) is 0.684. The minimum atomic E-state index is 0.692. The number of anilines is 1. The maximum absolute atomic E-state index is 4.64. The van der Waals surface area contributed by atoms with E-state index in [1.54, 1.807) is 0 Å². The Hall–Kier alpha value is -1.82. The van der Waals surface area contributed by atoms with Gasteiger partial charge in [-0.1, -0.05) is 32.8 Å². The van der Waals surface area contributed by atoms with Crippen LogP contribution in [-0.2, 0) is 6.54 Å². The molecule has 140 valence electrons. The number of pyridine rings is 1. The molecule has 1 aromatic rings. The van der Waals surface area contributed by atoms with Crippen molar-refractivity contribution in [3.63, 3.8) is 0 Å². The standard InChI is InChI=1S/C19H34N6/c1-5-16(6-2)14-22-19(20-3)23-15-17-8-7-9-21-18(17)25-12-10-24(4)11-13-25/h7-9,16H,5-6,10-15H2,1-4H3,(H2,20,22,23). The Morgan fingerprint density at radius 1 is 1.20 bits per heavy atom. The number of piperazine rings is 1. The first kappa shape index (κ1) is 19.5. The normalized spacial score (nSPS) is 16.4. The third-order valence-electron chi connectivity index (χ3n) is 5.05. The lowest BCUT2D eigenvalue weighted by molar-refractivity contribution is 0.312. The molecule has 2 heterocycles. The molecule has 1 aliphatic heterocycles. The van der Waals surface area contributed by atoms with Gasteiger partial charge in [-0.15, -0.1) is 0 Å². The fourth-order valence-corrected chi connectivity index (χ4v) is 3.09. The number of nitrogens with zero attached hydrogens (tertiary/aromatic N) is 4. The van der Waals surface area contributed by atoms with E-state index in [-0.39, 0.29) is 0 Å². The number of guanidine groups is 1. The molecule has 6 nitrogen and oxygen atoms in total. The summed E-state index contributed by atoms with van der Waals surface area (Å²) in [5, 5.41) is 6.88. The Morgan fingerprint density at radius 3 is 2.56 bits per heavy atom. The second kappa shape index (κ2) is 10.2. The highest BCUT2D eigenvalue weighted by atomic mass is 15.3. The first-order valence-electron chi connectivity index (χ1n) is 9.49. The first-order valence-corrected chi connectivity index (χ1v) is 9.49. The van der Waals surface area contributed by atoms with Crippen LogP contribution in [0.2, 0.25) is 0 Å². The van der Waals surface area contributed by atoms with Gasteiger partial charge in [-0.05, 0) is 19.0 Å². The molecule has 1 aliphatic rings. The zero-order valence-electron chi connectivity index (χ0n) is 16.3. The van der Waals surface area contributed by atoms with Crippen molar-refractivity contribution < 1.29 is 0 Å². The molecule has 2 N–H and O–H groups in total. The van der Waals surface area contributed by atoms with E-state index in [0.717, 1.165) is 51.0 Å². The summed E-state index contributed by atoms with van der Waals surface area (Å²) in [5.74, 6) is 2.65. The summed E-state index contributed by atoms with van der Waals surface area (Å²) < 4.78 is 0. The molecule has 0 saturated carbocycles. The molecule has 0 radical (unpaired) electrons. The number of rotatable bonds is 7. The summed E-state index contributed by atoms with van der Waals surface area (Å²) in [6, 6.07) is 4.17. The average Bonchev–Trinajstić information content (AvgIpc) is 2.66. The van der Waals surface area contributed by atoms with E-state index in [1.165, 1.54) is 18.4 Å². The molecule has 1 aromatic heterocycles. The van der Waals surface area contributed by atoms with Gasteiger partial charge in [0.25, 0.3) is 0 Å². The van der Waals surface area contributed by atoms with Crippen LogP contribution in [0.4, 0.5) is 5.82 Å². The van der Waals surface area contributed by atoms with Crippen LogP contribution in [0.5, 0.6) is 0 Å². The average molecular weight is 347 g/mol. The third-order valence-corrected chi connectivity index (χ3v) is 5.05. The van der Waals surface area contributed by atoms with Crippen LogP contribution in [0.1, 0.15) is 32.3 Å². The number of aliphatic imine (C=N–C) groups is 1. The van der Waals surface area contributed by atoms with Crippen molar-refractivity contribution in [2.24, 2.45) is 10.9 Å². The van der Waals surface area contributed by atoms with Crippen LogP contribution in [0.3, 0.4) is 0 Å². The molecule has 0 aromatic carbocycles. The zero-order chi connectivity index (χ0) is 18.1. The van der Waals surface area contributed by atoms with Crippen LogP contribution in [-0.4, -0.2) is 62.7 Å². The van der Waals surface area contributed by atoms with Crippen LogP contribution in [0.15, 0.2) is 23.3 Å². The number of aromatic nitrogens is 1. The van der Waals surface area contributed by atoms with E-state index in [4.69, 9.17) is 0 Å². The molecule has 0 amide bonds. The second-order valence-electron chi connectivity index (χ2n) is 6.77. The van der Waals surface area contributed by atoms with Gasteiger partial charge in [0, 0.05) is 58.1 Å². The summed E-state index contributed by atoms with van der Waals surface area (Å²) in [5.41, 5.74) is 1.22. The smallest absolute Gasteiger partial charge is 0.191 e. The van der Waals surface area contributed by atoms with Crippen molar-refractivity contribution in [1.82, 2.24) is 20.5 Å². The van der Waals surface area contributed by atoms with Crippen molar-refractivity contribution in [1.29, 1.82) is 0 Å². The maximum atomic E-state index is 4.64. The quantitative estimate of drug-likeness (QED) is 0.584. The molecule has 2 rings (SSSR count). The number of hydrogen-bond acceptors (Lipinski definition) is 4. The lowest BCUT2D eigenvalue weighted by Crippen LogP contribution is -2.45. The zero-order valence-corrected chi connectivity index (χ0v) is 16.3. The molecule has 25 heavy (non-hydrogen) atoms. The van der Waals surface area contributed by atoms with Gasteiger partial charge in [0.05, 0.1) is 0 Å². The van der Waals surface area contributed by atoms with E-state index >= 15 is 0 Å². The minimum absolute atomic E-state index is 0.692. The third kappa shape index (κ3) is 5.88. The van der Waals surface area contributed by atoms with Crippen LogP contribution >= 0.6 is 0 Å².